The molecule has 10 heteroatoms. The second-order valence-electron chi connectivity index (χ2n) is 12.0. The molecule has 0 saturated heterocycles. The van der Waals surface area contributed by atoms with Gasteiger partial charge in [-0.1, -0.05) is 26.3 Å². The zero-order valence-corrected chi connectivity index (χ0v) is 25.0. The van der Waals surface area contributed by atoms with E-state index in [2.05, 4.69) is 9.97 Å². The molecule has 0 saturated carbocycles. The van der Waals surface area contributed by atoms with Crippen LogP contribution in [0.4, 0.5) is 9.59 Å². The number of carbonyl (C=O) groups excluding carboxylic acids is 3. The number of rotatable bonds is 9. The summed E-state index contributed by atoms with van der Waals surface area (Å²) in [5, 5.41) is 0. The highest BCUT2D eigenvalue weighted by atomic mass is 16.6. The molecule has 2 heterocycles. The lowest BCUT2D eigenvalue weighted by molar-refractivity contribution is -0.149. The first kappa shape index (κ1) is 31.8. The number of pyridine rings is 1. The normalized spacial score (nSPS) is 15.0. The first-order valence-corrected chi connectivity index (χ1v) is 13.3. The van der Waals surface area contributed by atoms with Crippen molar-refractivity contribution in [2.75, 3.05) is 13.7 Å². The molecule has 0 aliphatic carbocycles. The molecule has 2 aromatic heterocycles. The van der Waals surface area contributed by atoms with E-state index in [4.69, 9.17) is 14.2 Å². The SMILES string of the molecule is CC[C@H](CC(C)[C@](C)(C(=O)OC)c1cn(-c2ccccn2)cn1)CN(C(=O)OC(C)(C)C)C(=O)OC(C)(C)C. The van der Waals surface area contributed by atoms with Gasteiger partial charge in [0.2, 0.25) is 0 Å². The molecule has 0 N–H and O–H groups in total. The van der Waals surface area contributed by atoms with E-state index in [1.54, 1.807) is 71.8 Å². The molecule has 3 atom stereocenters. The summed E-state index contributed by atoms with van der Waals surface area (Å²) in [4.78, 5) is 49.2. The quantitative estimate of drug-likeness (QED) is 0.282. The highest BCUT2D eigenvalue weighted by Crippen LogP contribution is 2.37. The number of methoxy groups -OCH3 is 1. The number of ether oxygens (including phenoxy) is 3. The van der Waals surface area contributed by atoms with Crippen LogP contribution in [-0.2, 0) is 24.4 Å². The van der Waals surface area contributed by atoms with Gasteiger partial charge in [-0.3, -0.25) is 9.36 Å². The maximum absolute atomic E-state index is 13.2. The fourth-order valence-corrected chi connectivity index (χ4v) is 4.21. The number of hydrogen-bond donors (Lipinski definition) is 0. The summed E-state index contributed by atoms with van der Waals surface area (Å²) in [6.07, 6.45) is 4.69. The topological polar surface area (TPSA) is 113 Å². The van der Waals surface area contributed by atoms with Gasteiger partial charge >= 0.3 is 18.2 Å². The highest BCUT2D eigenvalue weighted by Gasteiger charge is 2.45. The number of hydrogen-bond acceptors (Lipinski definition) is 8. The van der Waals surface area contributed by atoms with Gasteiger partial charge in [-0.2, -0.15) is 0 Å². The zero-order valence-electron chi connectivity index (χ0n) is 25.0. The minimum Gasteiger partial charge on any atom is -0.468 e. The van der Waals surface area contributed by atoms with Crippen LogP contribution >= 0.6 is 0 Å². The van der Waals surface area contributed by atoms with Gasteiger partial charge in [0, 0.05) is 18.9 Å². The van der Waals surface area contributed by atoms with Gasteiger partial charge in [0.25, 0.3) is 0 Å². The molecule has 0 aromatic carbocycles. The summed E-state index contributed by atoms with van der Waals surface area (Å²) in [6, 6.07) is 5.54. The molecule has 0 spiro atoms. The fraction of sp³-hybridized carbons (Fsp3) is 0.621. The van der Waals surface area contributed by atoms with Crippen LogP contribution in [0.3, 0.4) is 0 Å². The summed E-state index contributed by atoms with van der Waals surface area (Å²) >= 11 is 0. The number of aromatic nitrogens is 3. The lowest BCUT2D eigenvalue weighted by Crippen LogP contribution is -2.47. The monoisotopic (exact) mass is 544 g/mol. The summed E-state index contributed by atoms with van der Waals surface area (Å²) < 4.78 is 18.0. The van der Waals surface area contributed by atoms with Crippen molar-refractivity contribution in [1.82, 2.24) is 19.4 Å². The Bertz CT molecular complexity index is 1090. The molecule has 216 valence electrons. The van der Waals surface area contributed by atoms with Gasteiger partial charge < -0.3 is 14.2 Å². The summed E-state index contributed by atoms with van der Waals surface area (Å²) in [7, 11) is 1.35. The van der Waals surface area contributed by atoms with Crippen LogP contribution in [-0.4, -0.2) is 62.4 Å². The molecule has 10 nitrogen and oxygen atoms in total. The molecule has 39 heavy (non-hydrogen) atoms. The minimum atomic E-state index is -1.09. The smallest absolute Gasteiger partial charge is 0.419 e. The standard InChI is InChI=1S/C29H44N4O6/c1-11-21(17-33(25(35)38-27(3,4)5)26(36)39-28(6,7)8)16-20(2)29(9,24(34)37-10)22-18-32(19-31-22)23-14-12-13-15-30-23/h12-15,18-21H,11,16-17H2,1-10H3/t20?,21-,29+/m1/s1. The van der Waals surface area contributed by atoms with E-state index in [1.165, 1.54) is 7.11 Å². The lowest BCUT2D eigenvalue weighted by Gasteiger charge is -2.35. The van der Waals surface area contributed by atoms with Gasteiger partial charge in [-0.15, -0.1) is 0 Å². The molecule has 1 unspecified atom stereocenters. The van der Waals surface area contributed by atoms with E-state index < -0.39 is 34.8 Å². The molecule has 2 aromatic rings. The maximum Gasteiger partial charge on any atom is 0.419 e. The second kappa shape index (κ2) is 12.6. The number of imide groups is 1. The first-order chi connectivity index (χ1) is 18.0. The third-order valence-electron chi connectivity index (χ3n) is 6.56. The van der Waals surface area contributed by atoms with E-state index in [0.717, 1.165) is 4.90 Å². The fourth-order valence-electron chi connectivity index (χ4n) is 4.21. The van der Waals surface area contributed by atoms with Crippen molar-refractivity contribution in [2.24, 2.45) is 11.8 Å². The highest BCUT2D eigenvalue weighted by molar-refractivity contribution is 5.88. The van der Waals surface area contributed by atoms with Crippen molar-refractivity contribution in [3.63, 3.8) is 0 Å². The largest absolute Gasteiger partial charge is 0.468 e. The van der Waals surface area contributed by atoms with Gasteiger partial charge in [-0.05, 0) is 78.9 Å². The van der Waals surface area contributed by atoms with Gasteiger partial charge in [-0.25, -0.2) is 24.5 Å². The number of amides is 2. The van der Waals surface area contributed by atoms with Crippen LogP contribution in [0.25, 0.3) is 5.82 Å². The molecule has 0 bridgehead atoms. The van der Waals surface area contributed by atoms with Crippen LogP contribution in [0.5, 0.6) is 0 Å². The van der Waals surface area contributed by atoms with Crippen molar-refractivity contribution in [1.29, 1.82) is 0 Å². The molecule has 0 aliphatic heterocycles. The molecule has 2 amide bonds. The molecular formula is C29H44N4O6. The van der Waals surface area contributed by atoms with Crippen molar-refractivity contribution in [2.45, 2.75) is 91.8 Å². The van der Waals surface area contributed by atoms with E-state index in [9.17, 15) is 14.4 Å². The Morgan fingerprint density at radius 3 is 2.03 bits per heavy atom. The molecular weight excluding hydrogens is 500 g/mol. The number of esters is 1. The Hall–Kier alpha value is -3.43. The van der Waals surface area contributed by atoms with Crippen molar-refractivity contribution >= 4 is 18.2 Å². The van der Waals surface area contributed by atoms with E-state index in [0.29, 0.717) is 24.4 Å². The third kappa shape index (κ3) is 8.53. The van der Waals surface area contributed by atoms with Crippen molar-refractivity contribution in [3.05, 3.63) is 42.6 Å². The summed E-state index contributed by atoms with van der Waals surface area (Å²) in [5.41, 5.74) is -2.13. The minimum absolute atomic E-state index is 0.0737. The van der Waals surface area contributed by atoms with Crippen LogP contribution in [0.1, 0.15) is 80.8 Å². The van der Waals surface area contributed by atoms with Crippen LogP contribution in [0.2, 0.25) is 0 Å². The first-order valence-electron chi connectivity index (χ1n) is 13.3. The van der Waals surface area contributed by atoms with Crippen molar-refractivity contribution < 1.29 is 28.6 Å². The van der Waals surface area contributed by atoms with Gasteiger partial charge in [0.05, 0.1) is 12.8 Å². The van der Waals surface area contributed by atoms with E-state index in [-0.39, 0.29) is 18.4 Å². The van der Waals surface area contributed by atoms with Crippen LogP contribution in [0.15, 0.2) is 36.9 Å². The molecule has 0 radical (unpaired) electrons. The second-order valence-corrected chi connectivity index (χ2v) is 12.0. The molecule has 2 rings (SSSR count). The Labute approximate surface area is 232 Å². The number of carbonyl (C=O) groups is 3. The van der Waals surface area contributed by atoms with Crippen LogP contribution < -0.4 is 0 Å². The lowest BCUT2D eigenvalue weighted by atomic mass is 9.71. The van der Waals surface area contributed by atoms with Crippen molar-refractivity contribution in [3.8, 4) is 5.82 Å². The summed E-state index contributed by atoms with van der Waals surface area (Å²) in [6.45, 7) is 16.2. The Kier molecular flexibility index (Phi) is 10.3. The molecule has 0 aliphatic rings. The Balaban J connectivity index is 2.35. The van der Waals surface area contributed by atoms with E-state index in [1.807, 2.05) is 32.0 Å². The zero-order chi connectivity index (χ0) is 29.6. The maximum atomic E-state index is 13.2. The Morgan fingerprint density at radius 2 is 1.56 bits per heavy atom. The van der Waals surface area contributed by atoms with Gasteiger partial charge in [0.15, 0.2) is 0 Å². The predicted octanol–water partition coefficient (Wildman–Crippen LogP) is 5.92. The molecule has 0 fully saturated rings. The number of imidazole rings is 1. The predicted molar refractivity (Wildman–Crippen MR) is 147 cm³/mol. The average molecular weight is 545 g/mol. The van der Waals surface area contributed by atoms with Crippen LogP contribution in [0, 0.1) is 11.8 Å². The Morgan fingerprint density at radius 1 is 0.974 bits per heavy atom. The van der Waals surface area contributed by atoms with Gasteiger partial charge in [0.1, 0.15) is 28.8 Å². The number of nitrogens with zero attached hydrogens (tertiary/aromatic N) is 4. The average Bonchev–Trinajstić information content (AvgIpc) is 3.34. The van der Waals surface area contributed by atoms with E-state index >= 15 is 0 Å². The third-order valence-corrected chi connectivity index (χ3v) is 6.56. The summed E-state index contributed by atoms with van der Waals surface area (Å²) in [5.74, 6) is -0.164.